The Kier molecular flexibility index (Phi) is 17.7. The van der Waals surface area contributed by atoms with Crippen molar-refractivity contribution < 1.29 is 9.13 Å². The Balaban J connectivity index is 0. The minimum atomic E-state index is -0.250. The summed E-state index contributed by atoms with van der Waals surface area (Å²) in [6, 6.07) is 1.44. The summed E-state index contributed by atoms with van der Waals surface area (Å²) in [5.41, 5.74) is 0. The fourth-order valence-corrected chi connectivity index (χ4v) is 2.42. The molecular formula is C16H36FNO. The van der Waals surface area contributed by atoms with Crippen molar-refractivity contribution in [2.24, 2.45) is 0 Å². The number of halogens is 1. The van der Waals surface area contributed by atoms with Crippen LogP contribution in [0, 0.1) is 0 Å². The minimum absolute atomic E-state index is 0.250. The zero-order valence-corrected chi connectivity index (χ0v) is 14.0. The lowest BCUT2D eigenvalue weighted by molar-refractivity contribution is 0.104. The summed E-state index contributed by atoms with van der Waals surface area (Å²) in [4.78, 5) is 2.53. The molecule has 0 aliphatic carbocycles. The van der Waals surface area contributed by atoms with E-state index in [4.69, 9.17) is 4.74 Å². The predicted molar refractivity (Wildman–Crippen MR) is 83.6 cm³/mol. The number of nitrogens with zero attached hydrogens (tertiary/aromatic N) is 1. The van der Waals surface area contributed by atoms with Crippen LogP contribution in [0.1, 0.15) is 66.7 Å². The van der Waals surface area contributed by atoms with Crippen molar-refractivity contribution >= 4 is 0 Å². The summed E-state index contributed by atoms with van der Waals surface area (Å²) < 4.78 is 15.5. The number of unbranched alkanes of at least 4 members (excludes halogenated alkanes) is 2. The lowest BCUT2D eigenvalue weighted by Gasteiger charge is -2.25. The maximum Gasteiger partial charge on any atom is 0.0866 e. The second-order valence-electron chi connectivity index (χ2n) is 4.99. The van der Waals surface area contributed by atoms with Crippen molar-refractivity contribution in [2.75, 3.05) is 26.9 Å². The van der Waals surface area contributed by atoms with Crippen molar-refractivity contribution in [3.8, 4) is 0 Å². The molecule has 19 heavy (non-hydrogen) atoms. The lowest BCUT2D eigenvalue weighted by atomic mass is 10.2. The van der Waals surface area contributed by atoms with Crippen LogP contribution >= 0.6 is 0 Å². The van der Waals surface area contributed by atoms with Gasteiger partial charge in [-0.05, 0) is 33.2 Å². The molecule has 0 spiro atoms. The van der Waals surface area contributed by atoms with Crippen molar-refractivity contribution in [3.05, 3.63) is 0 Å². The van der Waals surface area contributed by atoms with Gasteiger partial charge < -0.3 is 4.74 Å². The van der Waals surface area contributed by atoms with Crippen LogP contribution in [0.15, 0.2) is 0 Å². The van der Waals surface area contributed by atoms with Gasteiger partial charge in [-0.2, -0.15) is 0 Å². The van der Waals surface area contributed by atoms with E-state index in [-0.39, 0.29) is 6.67 Å². The van der Waals surface area contributed by atoms with Gasteiger partial charge >= 0.3 is 0 Å². The highest BCUT2D eigenvalue weighted by Crippen LogP contribution is 2.23. The van der Waals surface area contributed by atoms with Crippen molar-refractivity contribution in [2.45, 2.75) is 78.8 Å². The molecule has 2 atom stereocenters. The van der Waals surface area contributed by atoms with Crippen LogP contribution in [0.5, 0.6) is 0 Å². The Bertz CT molecular complexity index is 163. The van der Waals surface area contributed by atoms with Crippen LogP contribution in [-0.4, -0.2) is 43.9 Å². The number of ether oxygens (including phenoxy) is 1. The van der Waals surface area contributed by atoms with Gasteiger partial charge in [-0.15, -0.1) is 0 Å². The third-order valence-corrected chi connectivity index (χ3v) is 3.38. The van der Waals surface area contributed by atoms with E-state index in [1.54, 1.807) is 7.11 Å². The molecule has 1 fully saturated rings. The molecule has 2 unspecified atom stereocenters. The van der Waals surface area contributed by atoms with Gasteiger partial charge in [0.25, 0.3) is 0 Å². The van der Waals surface area contributed by atoms with E-state index < -0.39 is 0 Å². The van der Waals surface area contributed by atoms with Gasteiger partial charge in [-0.25, -0.2) is 0 Å². The number of hydrogen-bond acceptors (Lipinski definition) is 2. The molecule has 118 valence electrons. The third kappa shape index (κ3) is 11.4. The fourth-order valence-electron chi connectivity index (χ4n) is 2.42. The molecule has 1 saturated heterocycles. The summed E-state index contributed by atoms with van der Waals surface area (Å²) in [5, 5.41) is 0. The van der Waals surface area contributed by atoms with Crippen molar-refractivity contribution in [1.82, 2.24) is 4.90 Å². The quantitative estimate of drug-likeness (QED) is 0.723. The van der Waals surface area contributed by atoms with Gasteiger partial charge in [-0.1, -0.05) is 40.0 Å². The first-order valence-electron chi connectivity index (χ1n) is 7.93. The molecule has 3 heteroatoms. The second-order valence-corrected chi connectivity index (χ2v) is 4.99. The Morgan fingerprint density at radius 3 is 1.95 bits per heavy atom. The molecule has 1 heterocycles. The van der Waals surface area contributed by atoms with Crippen molar-refractivity contribution in [1.29, 1.82) is 0 Å². The standard InChI is InChI=1S/C9H19NO.C5H12.C2H5F/c1-4-10-8(2)5-6-9(10)7-11-3;1-3-5-4-2;1-2-3/h8-9H,4-7H2,1-3H3;3-5H2,1-2H3;2H2,1H3. The first-order chi connectivity index (χ1) is 9.12. The zero-order valence-electron chi connectivity index (χ0n) is 14.0. The molecule has 1 aliphatic heterocycles. The molecule has 0 amide bonds. The van der Waals surface area contributed by atoms with Crippen LogP contribution < -0.4 is 0 Å². The fraction of sp³-hybridized carbons (Fsp3) is 1.00. The van der Waals surface area contributed by atoms with Gasteiger partial charge in [0.05, 0.1) is 13.3 Å². The summed E-state index contributed by atoms with van der Waals surface area (Å²) in [6.07, 6.45) is 6.72. The number of methoxy groups -OCH3 is 1. The minimum Gasteiger partial charge on any atom is -0.383 e. The second kappa shape index (κ2) is 15.9. The average Bonchev–Trinajstić information content (AvgIpc) is 2.73. The van der Waals surface area contributed by atoms with Crippen LogP contribution in [0.3, 0.4) is 0 Å². The molecule has 0 aromatic heterocycles. The Morgan fingerprint density at radius 1 is 1.11 bits per heavy atom. The molecule has 2 nitrogen and oxygen atoms in total. The zero-order chi connectivity index (χ0) is 15.1. The highest BCUT2D eigenvalue weighted by atomic mass is 19.1. The largest absolute Gasteiger partial charge is 0.383 e. The normalized spacial score (nSPS) is 22.3. The molecule has 0 bridgehead atoms. The molecule has 0 N–H and O–H groups in total. The van der Waals surface area contributed by atoms with E-state index in [2.05, 4.69) is 32.6 Å². The maximum absolute atomic E-state index is 10.3. The number of rotatable bonds is 5. The third-order valence-electron chi connectivity index (χ3n) is 3.38. The molecule has 0 aromatic rings. The average molecular weight is 277 g/mol. The number of likely N-dealkylation sites (tertiary alicyclic amines) is 1. The Labute approximate surface area is 120 Å². The monoisotopic (exact) mass is 277 g/mol. The number of hydrogen-bond donors (Lipinski definition) is 0. The van der Waals surface area contributed by atoms with Crippen LogP contribution in [0.2, 0.25) is 0 Å². The van der Waals surface area contributed by atoms with E-state index in [1.165, 1.54) is 39.0 Å². The predicted octanol–water partition coefficient (Wildman–Crippen LogP) is 4.68. The summed E-state index contributed by atoms with van der Waals surface area (Å²) in [6.45, 7) is 12.2. The highest BCUT2D eigenvalue weighted by Gasteiger charge is 2.28. The smallest absolute Gasteiger partial charge is 0.0866 e. The van der Waals surface area contributed by atoms with Gasteiger partial charge in [0.2, 0.25) is 0 Å². The van der Waals surface area contributed by atoms with Crippen LogP contribution in [0.25, 0.3) is 0 Å². The first-order valence-corrected chi connectivity index (χ1v) is 7.93. The number of likely N-dealkylation sites (N-methyl/N-ethyl adjacent to an activating group) is 1. The summed E-state index contributed by atoms with van der Waals surface area (Å²) in [5.74, 6) is 0. The van der Waals surface area contributed by atoms with E-state index in [9.17, 15) is 4.39 Å². The summed E-state index contributed by atoms with van der Waals surface area (Å²) in [7, 11) is 1.79. The molecule has 1 aliphatic rings. The van der Waals surface area contributed by atoms with Gasteiger partial charge in [-0.3, -0.25) is 9.29 Å². The van der Waals surface area contributed by atoms with E-state index in [1.807, 2.05) is 0 Å². The molecule has 1 rings (SSSR count). The topological polar surface area (TPSA) is 12.5 Å². The maximum atomic E-state index is 10.3. The van der Waals surface area contributed by atoms with Crippen LogP contribution in [0.4, 0.5) is 4.39 Å². The Morgan fingerprint density at radius 2 is 1.63 bits per heavy atom. The number of alkyl halides is 1. The lowest BCUT2D eigenvalue weighted by Crippen LogP contribution is -2.36. The summed E-state index contributed by atoms with van der Waals surface area (Å²) >= 11 is 0. The van der Waals surface area contributed by atoms with Gasteiger partial charge in [0.1, 0.15) is 0 Å². The van der Waals surface area contributed by atoms with Crippen molar-refractivity contribution in [3.63, 3.8) is 0 Å². The van der Waals surface area contributed by atoms with Crippen LogP contribution in [-0.2, 0) is 4.74 Å². The van der Waals surface area contributed by atoms with Gasteiger partial charge in [0.15, 0.2) is 0 Å². The molecule has 0 saturated carbocycles. The SMILES string of the molecule is CCCCC.CCF.CCN1C(C)CCC1COC. The Hall–Kier alpha value is -0.150. The van der Waals surface area contributed by atoms with Gasteiger partial charge in [0, 0.05) is 19.2 Å². The van der Waals surface area contributed by atoms with E-state index in [0.717, 1.165) is 19.2 Å². The first kappa shape index (κ1) is 21.2. The van der Waals surface area contributed by atoms with E-state index in [0.29, 0.717) is 6.04 Å². The molecular weight excluding hydrogens is 241 g/mol. The molecule has 0 aromatic carbocycles. The van der Waals surface area contributed by atoms with E-state index >= 15 is 0 Å². The molecule has 0 radical (unpaired) electrons. The highest BCUT2D eigenvalue weighted by molar-refractivity contribution is 4.83.